The summed E-state index contributed by atoms with van der Waals surface area (Å²) in [5.41, 5.74) is 3.50. The minimum absolute atomic E-state index is 0.00723. The van der Waals surface area contributed by atoms with E-state index < -0.39 is 11.6 Å². The number of hydrogen-bond donors (Lipinski definition) is 0. The lowest BCUT2D eigenvalue weighted by Crippen LogP contribution is -2.00. The summed E-state index contributed by atoms with van der Waals surface area (Å²) in [6.45, 7) is 3.82. The van der Waals surface area contributed by atoms with Crippen molar-refractivity contribution < 1.29 is 13.9 Å². The number of carbonyl (C=O) groups is 1. The molecule has 0 amide bonds. The number of para-hydroxylation sites is 1. The molecule has 2 aromatic carbocycles. The molecule has 4 nitrogen and oxygen atoms in total. The van der Waals surface area contributed by atoms with Crippen molar-refractivity contribution in [2.45, 2.75) is 13.8 Å². The van der Waals surface area contributed by atoms with Crippen molar-refractivity contribution in [3.8, 4) is 11.4 Å². The molecule has 3 rings (SSSR count). The molecular formula is C21H19FN2O2. The van der Waals surface area contributed by atoms with E-state index >= 15 is 0 Å². The van der Waals surface area contributed by atoms with Crippen LogP contribution in [0.5, 0.6) is 5.75 Å². The molecule has 0 aliphatic rings. The van der Waals surface area contributed by atoms with Gasteiger partial charge in [-0.1, -0.05) is 18.2 Å². The van der Waals surface area contributed by atoms with Crippen LogP contribution in [0.15, 0.2) is 54.6 Å². The second kappa shape index (κ2) is 7.35. The van der Waals surface area contributed by atoms with Gasteiger partial charge in [0.1, 0.15) is 11.6 Å². The van der Waals surface area contributed by atoms with Gasteiger partial charge in [0.15, 0.2) is 5.78 Å². The van der Waals surface area contributed by atoms with Crippen molar-refractivity contribution in [3.63, 3.8) is 0 Å². The number of rotatable bonds is 5. The highest BCUT2D eigenvalue weighted by molar-refractivity contribution is 6.07. The smallest absolute Gasteiger partial charge is 0.188 e. The number of nitrogens with zero attached hydrogens (tertiary/aromatic N) is 2. The Kier molecular flexibility index (Phi) is 4.98. The summed E-state index contributed by atoms with van der Waals surface area (Å²) in [4.78, 5) is 12.3. The number of aromatic nitrogens is 2. The highest BCUT2D eigenvalue weighted by atomic mass is 19.1. The molecule has 0 fully saturated rings. The van der Waals surface area contributed by atoms with Gasteiger partial charge < -0.3 is 4.74 Å². The van der Waals surface area contributed by atoms with E-state index in [0.717, 1.165) is 22.6 Å². The molecule has 0 aliphatic heterocycles. The lowest BCUT2D eigenvalue weighted by atomic mass is 10.1. The van der Waals surface area contributed by atoms with Gasteiger partial charge in [-0.3, -0.25) is 4.79 Å². The number of ketones is 1. The summed E-state index contributed by atoms with van der Waals surface area (Å²) in [6, 6.07) is 13.9. The van der Waals surface area contributed by atoms with E-state index in [0.29, 0.717) is 5.75 Å². The summed E-state index contributed by atoms with van der Waals surface area (Å²) < 4.78 is 20.8. The quantitative estimate of drug-likeness (QED) is 0.501. The molecule has 0 unspecified atom stereocenters. The summed E-state index contributed by atoms with van der Waals surface area (Å²) in [6.07, 6.45) is 3.06. The fourth-order valence-corrected chi connectivity index (χ4v) is 2.79. The van der Waals surface area contributed by atoms with E-state index in [1.165, 1.54) is 25.3 Å². The van der Waals surface area contributed by atoms with Gasteiger partial charge in [0.25, 0.3) is 0 Å². The van der Waals surface area contributed by atoms with E-state index in [9.17, 15) is 9.18 Å². The van der Waals surface area contributed by atoms with Gasteiger partial charge in [-0.05, 0) is 50.3 Å². The first kappa shape index (κ1) is 17.6. The second-order valence-electron chi connectivity index (χ2n) is 5.88. The van der Waals surface area contributed by atoms with Crippen LogP contribution >= 0.6 is 0 Å². The summed E-state index contributed by atoms with van der Waals surface area (Å²) in [5.74, 6) is -0.636. The lowest BCUT2D eigenvalue weighted by Gasteiger charge is -2.04. The SMILES string of the molecule is COc1ccc(C(=O)/C=C/c2c(C)nn(-c3ccccc3)c2C)c(F)c1. The maximum Gasteiger partial charge on any atom is 0.188 e. The van der Waals surface area contributed by atoms with E-state index in [-0.39, 0.29) is 5.56 Å². The lowest BCUT2D eigenvalue weighted by molar-refractivity contribution is 0.104. The predicted molar refractivity (Wildman–Crippen MR) is 99.4 cm³/mol. The van der Waals surface area contributed by atoms with E-state index in [4.69, 9.17) is 4.74 Å². The van der Waals surface area contributed by atoms with Gasteiger partial charge in [-0.15, -0.1) is 0 Å². The van der Waals surface area contributed by atoms with Gasteiger partial charge >= 0.3 is 0 Å². The number of ether oxygens (including phenoxy) is 1. The van der Waals surface area contributed by atoms with Crippen LogP contribution in [0.2, 0.25) is 0 Å². The van der Waals surface area contributed by atoms with Crippen LogP contribution in [0.25, 0.3) is 11.8 Å². The molecule has 0 radical (unpaired) electrons. The Morgan fingerprint density at radius 2 is 1.88 bits per heavy atom. The Balaban J connectivity index is 1.89. The Morgan fingerprint density at radius 3 is 2.54 bits per heavy atom. The summed E-state index contributed by atoms with van der Waals surface area (Å²) >= 11 is 0. The number of carbonyl (C=O) groups excluding carboxylic acids is 1. The molecule has 0 saturated carbocycles. The average molecular weight is 350 g/mol. The molecule has 0 spiro atoms. The Hall–Kier alpha value is -3.21. The minimum atomic E-state index is -0.604. The molecule has 1 heterocycles. The van der Waals surface area contributed by atoms with Crippen molar-refractivity contribution in [1.29, 1.82) is 0 Å². The topological polar surface area (TPSA) is 44.1 Å². The van der Waals surface area contributed by atoms with Gasteiger partial charge in [0, 0.05) is 17.3 Å². The standard InChI is InChI=1S/C21H19FN2O2/c1-14-18(15(2)24(23-14)16-7-5-4-6-8-16)11-12-21(25)19-10-9-17(26-3)13-20(19)22/h4-13H,1-3H3/b12-11+. The molecule has 0 atom stereocenters. The van der Waals surface area contributed by atoms with Crippen LogP contribution in [0.3, 0.4) is 0 Å². The maximum absolute atomic E-state index is 14.0. The first-order valence-electron chi connectivity index (χ1n) is 8.19. The molecule has 0 bridgehead atoms. The molecule has 0 aliphatic carbocycles. The van der Waals surface area contributed by atoms with Crippen molar-refractivity contribution >= 4 is 11.9 Å². The van der Waals surface area contributed by atoms with Crippen molar-refractivity contribution in [3.05, 3.63) is 82.9 Å². The first-order chi connectivity index (χ1) is 12.5. The van der Waals surface area contributed by atoms with Crippen LogP contribution in [-0.2, 0) is 0 Å². The summed E-state index contributed by atoms with van der Waals surface area (Å²) in [5, 5.41) is 4.53. The van der Waals surface area contributed by atoms with Crippen LogP contribution in [-0.4, -0.2) is 22.7 Å². The highest BCUT2D eigenvalue weighted by Gasteiger charge is 2.13. The van der Waals surface area contributed by atoms with E-state index in [1.807, 2.05) is 48.9 Å². The van der Waals surface area contributed by atoms with Gasteiger partial charge in [0.05, 0.1) is 24.1 Å². The van der Waals surface area contributed by atoms with Crippen LogP contribution in [0.1, 0.15) is 27.3 Å². The number of halogens is 1. The number of benzene rings is 2. The fourth-order valence-electron chi connectivity index (χ4n) is 2.79. The minimum Gasteiger partial charge on any atom is -0.497 e. The van der Waals surface area contributed by atoms with Gasteiger partial charge in [-0.25, -0.2) is 9.07 Å². The maximum atomic E-state index is 14.0. The molecule has 1 aromatic heterocycles. The Labute approximate surface area is 151 Å². The Bertz CT molecular complexity index is 975. The molecular weight excluding hydrogens is 331 g/mol. The average Bonchev–Trinajstić information content (AvgIpc) is 2.94. The number of aryl methyl sites for hydroxylation is 1. The zero-order chi connectivity index (χ0) is 18.7. The molecule has 0 saturated heterocycles. The van der Waals surface area contributed by atoms with Gasteiger partial charge in [-0.2, -0.15) is 5.10 Å². The monoisotopic (exact) mass is 350 g/mol. The number of hydrogen-bond acceptors (Lipinski definition) is 3. The number of allylic oxidation sites excluding steroid dienone is 1. The third kappa shape index (κ3) is 3.42. The van der Waals surface area contributed by atoms with Gasteiger partial charge in [0.2, 0.25) is 0 Å². The first-order valence-corrected chi connectivity index (χ1v) is 8.19. The predicted octanol–water partition coefficient (Wildman–Crippen LogP) is 4.53. The van der Waals surface area contributed by atoms with E-state index in [2.05, 4.69) is 5.10 Å². The van der Waals surface area contributed by atoms with Crippen molar-refractivity contribution in [2.24, 2.45) is 0 Å². The molecule has 0 N–H and O–H groups in total. The highest BCUT2D eigenvalue weighted by Crippen LogP contribution is 2.21. The third-order valence-corrected chi connectivity index (χ3v) is 4.19. The Morgan fingerprint density at radius 1 is 1.15 bits per heavy atom. The third-order valence-electron chi connectivity index (χ3n) is 4.19. The van der Waals surface area contributed by atoms with Crippen molar-refractivity contribution in [1.82, 2.24) is 9.78 Å². The molecule has 3 aromatic rings. The van der Waals surface area contributed by atoms with Crippen LogP contribution in [0, 0.1) is 19.7 Å². The molecule has 5 heteroatoms. The normalized spacial score (nSPS) is 11.1. The number of methoxy groups -OCH3 is 1. The van der Waals surface area contributed by atoms with Crippen molar-refractivity contribution in [2.75, 3.05) is 7.11 Å². The fraction of sp³-hybridized carbons (Fsp3) is 0.143. The van der Waals surface area contributed by atoms with Crippen LogP contribution in [0.4, 0.5) is 4.39 Å². The largest absolute Gasteiger partial charge is 0.497 e. The zero-order valence-corrected chi connectivity index (χ0v) is 14.9. The zero-order valence-electron chi connectivity index (χ0n) is 14.9. The second-order valence-corrected chi connectivity index (χ2v) is 5.88. The molecule has 132 valence electrons. The summed E-state index contributed by atoms with van der Waals surface area (Å²) in [7, 11) is 1.45. The molecule has 26 heavy (non-hydrogen) atoms. The van der Waals surface area contributed by atoms with Crippen LogP contribution < -0.4 is 4.74 Å². The van der Waals surface area contributed by atoms with E-state index in [1.54, 1.807) is 12.1 Å².